The Labute approximate surface area is 161 Å². The Balaban J connectivity index is 1.59. The number of alkyl halides is 3. The van der Waals surface area contributed by atoms with Gasteiger partial charge in [0.15, 0.2) is 0 Å². The summed E-state index contributed by atoms with van der Waals surface area (Å²) in [6, 6.07) is 10.4. The number of fused-ring (bicyclic) bond motifs is 1. The van der Waals surface area contributed by atoms with Gasteiger partial charge in [0, 0.05) is 43.3 Å². The van der Waals surface area contributed by atoms with Gasteiger partial charge in [0.2, 0.25) is 0 Å². The zero-order chi connectivity index (χ0) is 19.2. The van der Waals surface area contributed by atoms with Crippen LogP contribution in [0.4, 0.5) is 24.5 Å². The van der Waals surface area contributed by atoms with Gasteiger partial charge in [-0.1, -0.05) is 23.7 Å². The van der Waals surface area contributed by atoms with Gasteiger partial charge in [-0.3, -0.25) is 4.99 Å². The molecule has 2 aliphatic rings. The van der Waals surface area contributed by atoms with Crippen LogP contribution in [0.15, 0.2) is 41.4 Å². The summed E-state index contributed by atoms with van der Waals surface area (Å²) in [4.78, 5) is 8.91. The molecule has 0 aromatic heterocycles. The predicted octanol–water partition coefficient (Wildman–Crippen LogP) is 4.79. The predicted molar refractivity (Wildman–Crippen MR) is 103 cm³/mol. The molecule has 0 saturated carbocycles. The average Bonchev–Trinajstić information content (AvgIpc) is 3.04. The molecule has 142 valence electrons. The number of rotatable bonds is 2. The van der Waals surface area contributed by atoms with E-state index in [1.165, 1.54) is 0 Å². The molecule has 2 heterocycles. The van der Waals surface area contributed by atoms with Gasteiger partial charge >= 0.3 is 6.18 Å². The maximum Gasteiger partial charge on any atom is 0.418 e. The minimum atomic E-state index is -4.47. The Kier molecular flexibility index (Phi) is 4.64. The Morgan fingerprint density at radius 3 is 2.30 bits per heavy atom. The first kappa shape index (κ1) is 18.3. The van der Waals surface area contributed by atoms with Crippen LogP contribution in [-0.4, -0.2) is 43.8 Å². The fourth-order valence-corrected chi connectivity index (χ4v) is 3.83. The van der Waals surface area contributed by atoms with Crippen molar-refractivity contribution in [2.75, 3.05) is 38.1 Å². The van der Waals surface area contributed by atoms with Gasteiger partial charge in [0.25, 0.3) is 0 Å². The van der Waals surface area contributed by atoms with Crippen LogP contribution in [0.25, 0.3) is 0 Å². The molecule has 2 aromatic carbocycles. The molecule has 0 bridgehead atoms. The van der Waals surface area contributed by atoms with Gasteiger partial charge in [-0.2, -0.15) is 13.2 Å². The Bertz CT molecular complexity index is 883. The van der Waals surface area contributed by atoms with E-state index in [-0.39, 0.29) is 10.7 Å². The molecule has 1 fully saturated rings. The molecule has 27 heavy (non-hydrogen) atoms. The molecular formula is C20H19ClF3N3. The van der Waals surface area contributed by atoms with Crippen LogP contribution < -0.4 is 4.90 Å². The van der Waals surface area contributed by atoms with Crippen LogP contribution in [0.5, 0.6) is 0 Å². The number of hydrogen-bond donors (Lipinski definition) is 0. The van der Waals surface area contributed by atoms with Crippen molar-refractivity contribution in [3.05, 3.63) is 58.1 Å². The second kappa shape index (κ2) is 6.84. The van der Waals surface area contributed by atoms with E-state index in [4.69, 9.17) is 11.6 Å². The first-order valence-electron chi connectivity index (χ1n) is 8.82. The fraction of sp³-hybridized carbons (Fsp3) is 0.350. The van der Waals surface area contributed by atoms with Crippen molar-refractivity contribution in [1.29, 1.82) is 0 Å². The topological polar surface area (TPSA) is 18.8 Å². The van der Waals surface area contributed by atoms with Crippen molar-refractivity contribution in [2.45, 2.75) is 12.6 Å². The maximum absolute atomic E-state index is 13.3. The molecule has 1 saturated heterocycles. The highest BCUT2D eigenvalue weighted by molar-refractivity contribution is 6.31. The second-order valence-electron chi connectivity index (χ2n) is 7.03. The molecule has 2 aliphatic heterocycles. The molecule has 0 spiro atoms. The zero-order valence-electron chi connectivity index (χ0n) is 14.9. The van der Waals surface area contributed by atoms with Gasteiger partial charge in [-0.15, -0.1) is 0 Å². The normalized spacial score (nSPS) is 17.8. The molecule has 0 radical (unpaired) electrons. The van der Waals surface area contributed by atoms with Crippen molar-refractivity contribution in [3.8, 4) is 0 Å². The first-order chi connectivity index (χ1) is 12.8. The highest BCUT2D eigenvalue weighted by Crippen LogP contribution is 2.43. The van der Waals surface area contributed by atoms with Gasteiger partial charge in [0.1, 0.15) is 0 Å². The Morgan fingerprint density at radius 1 is 1.00 bits per heavy atom. The maximum atomic E-state index is 13.3. The number of nitrogens with zero attached hydrogens (tertiary/aromatic N) is 3. The monoisotopic (exact) mass is 393 g/mol. The lowest BCUT2D eigenvalue weighted by Crippen LogP contribution is -2.44. The molecule has 7 heteroatoms. The number of piperazine rings is 1. The van der Waals surface area contributed by atoms with Crippen molar-refractivity contribution in [2.24, 2.45) is 4.99 Å². The lowest BCUT2D eigenvalue weighted by molar-refractivity contribution is -0.137. The van der Waals surface area contributed by atoms with E-state index in [9.17, 15) is 13.2 Å². The van der Waals surface area contributed by atoms with E-state index in [1.807, 2.05) is 24.3 Å². The minimum absolute atomic E-state index is 0.00922. The molecule has 3 nitrogen and oxygen atoms in total. The summed E-state index contributed by atoms with van der Waals surface area (Å²) in [6.07, 6.45) is -4.12. The van der Waals surface area contributed by atoms with E-state index in [1.54, 1.807) is 6.07 Å². The summed E-state index contributed by atoms with van der Waals surface area (Å²) in [6.45, 7) is 3.97. The third-order valence-corrected chi connectivity index (χ3v) is 5.35. The lowest BCUT2D eigenvalue weighted by Gasteiger charge is -2.34. The smallest absolute Gasteiger partial charge is 0.369 e. The van der Waals surface area contributed by atoms with Crippen LogP contribution in [0.3, 0.4) is 0 Å². The molecular weight excluding hydrogens is 375 g/mol. The van der Waals surface area contributed by atoms with E-state index in [2.05, 4.69) is 21.8 Å². The number of benzene rings is 2. The van der Waals surface area contributed by atoms with E-state index >= 15 is 0 Å². The van der Waals surface area contributed by atoms with Crippen LogP contribution in [-0.2, 0) is 12.6 Å². The number of halogens is 4. The summed E-state index contributed by atoms with van der Waals surface area (Å²) in [5.74, 6) is 0. The van der Waals surface area contributed by atoms with Gasteiger partial charge in [-0.25, -0.2) is 0 Å². The number of anilines is 1. The third-order valence-electron chi connectivity index (χ3n) is 5.13. The molecule has 0 atom stereocenters. The SMILES string of the molecule is CN1CCN(c2ccc(C3=Nc4c(cc(Cl)cc4C(F)(F)F)C3)cc2)CC1. The van der Waals surface area contributed by atoms with E-state index in [0.717, 1.165) is 43.5 Å². The summed E-state index contributed by atoms with van der Waals surface area (Å²) in [5, 5.41) is 0.0861. The summed E-state index contributed by atoms with van der Waals surface area (Å²) < 4.78 is 39.9. The third kappa shape index (κ3) is 3.69. The minimum Gasteiger partial charge on any atom is -0.369 e. The van der Waals surface area contributed by atoms with Crippen LogP contribution in [0.1, 0.15) is 16.7 Å². The molecule has 0 unspecified atom stereocenters. The van der Waals surface area contributed by atoms with Crippen LogP contribution in [0.2, 0.25) is 5.02 Å². The number of aliphatic imine (C=N–C) groups is 1. The summed E-state index contributed by atoms with van der Waals surface area (Å²) >= 11 is 5.89. The molecule has 0 amide bonds. The average molecular weight is 394 g/mol. The zero-order valence-corrected chi connectivity index (χ0v) is 15.6. The largest absolute Gasteiger partial charge is 0.418 e. The highest BCUT2D eigenvalue weighted by atomic mass is 35.5. The van der Waals surface area contributed by atoms with E-state index < -0.39 is 11.7 Å². The number of likely N-dealkylation sites (N-methyl/N-ethyl adjacent to an activating group) is 1. The Hall–Kier alpha value is -2.05. The van der Waals surface area contributed by atoms with Gasteiger partial charge in [-0.05, 0) is 42.4 Å². The van der Waals surface area contributed by atoms with Crippen molar-refractivity contribution < 1.29 is 13.2 Å². The molecule has 0 aliphatic carbocycles. The summed E-state index contributed by atoms with van der Waals surface area (Å²) in [5.41, 5.74) is 2.35. The van der Waals surface area contributed by atoms with Gasteiger partial charge < -0.3 is 9.80 Å². The van der Waals surface area contributed by atoms with E-state index in [0.29, 0.717) is 17.7 Å². The summed E-state index contributed by atoms with van der Waals surface area (Å²) in [7, 11) is 2.11. The number of hydrogen-bond acceptors (Lipinski definition) is 3. The van der Waals surface area contributed by atoms with Crippen molar-refractivity contribution in [3.63, 3.8) is 0 Å². The highest BCUT2D eigenvalue weighted by Gasteiger charge is 2.36. The van der Waals surface area contributed by atoms with Crippen LogP contribution in [0, 0.1) is 0 Å². The second-order valence-corrected chi connectivity index (χ2v) is 7.47. The van der Waals surface area contributed by atoms with Crippen molar-refractivity contribution in [1.82, 2.24) is 4.90 Å². The molecule has 2 aromatic rings. The van der Waals surface area contributed by atoms with Gasteiger partial charge in [0.05, 0.1) is 17.0 Å². The molecule has 4 rings (SSSR count). The first-order valence-corrected chi connectivity index (χ1v) is 9.20. The fourth-order valence-electron chi connectivity index (χ4n) is 3.59. The standard InChI is InChI=1S/C20H19ClF3N3/c1-26-6-8-27(9-7-26)16-4-2-13(3-5-16)18-11-14-10-15(21)12-17(19(14)25-18)20(22,23)24/h2-5,10,12H,6-9,11H2,1H3. The Morgan fingerprint density at radius 2 is 1.67 bits per heavy atom. The van der Waals surface area contributed by atoms with Crippen LogP contribution >= 0.6 is 11.6 Å². The van der Waals surface area contributed by atoms with Crippen molar-refractivity contribution >= 4 is 28.7 Å². The quantitative estimate of drug-likeness (QED) is 0.730. The lowest BCUT2D eigenvalue weighted by atomic mass is 10.0. The molecule has 0 N–H and O–H groups in total.